The molecule has 61 heavy (non-hydrogen) atoms. The van der Waals surface area contributed by atoms with E-state index in [1.807, 2.05) is 63.9 Å². The third-order valence-corrected chi connectivity index (χ3v) is 14.6. The fraction of sp³-hybridized carbons (Fsp3) is 0.333. The summed E-state index contributed by atoms with van der Waals surface area (Å²) in [6.07, 6.45) is 8.77. The number of para-hydroxylation sites is 1. The Labute approximate surface area is 357 Å². The van der Waals surface area contributed by atoms with Crippen molar-refractivity contribution in [2.45, 2.75) is 69.9 Å². The molecular weight excluding hydrogens is 813 g/mol. The number of benzene rings is 3. The van der Waals surface area contributed by atoms with Gasteiger partial charge in [-0.05, 0) is 104 Å². The Hall–Kier alpha value is -6.13. The maximum absolute atomic E-state index is 14.3. The number of hydrogen-bond donors (Lipinski definition) is 3. The molecule has 14 nitrogen and oxygen atoms in total. The van der Waals surface area contributed by atoms with Crippen LogP contribution in [0.25, 0.3) is 21.3 Å². The van der Waals surface area contributed by atoms with Crippen LogP contribution in [-0.4, -0.2) is 70.7 Å². The van der Waals surface area contributed by atoms with E-state index in [4.69, 9.17) is 10.1 Å². The van der Waals surface area contributed by atoms with Gasteiger partial charge in [-0.15, -0.1) is 0 Å². The molecule has 3 N–H and O–H groups in total. The summed E-state index contributed by atoms with van der Waals surface area (Å²) in [5.74, 6) is -1.53. The minimum absolute atomic E-state index is 0.0672. The van der Waals surface area contributed by atoms with Gasteiger partial charge in [0.1, 0.15) is 11.5 Å². The Morgan fingerprint density at radius 1 is 0.852 bits per heavy atom. The second kappa shape index (κ2) is 16.7. The topological polar surface area (TPSA) is 180 Å². The maximum Gasteiger partial charge on any atom is 0.308 e. The summed E-state index contributed by atoms with van der Waals surface area (Å²) < 4.78 is 32.9. The number of rotatable bonds is 11. The van der Waals surface area contributed by atoms with Gasteiger partial charge in [0.25, 0.3) is 21.8 Å². The lowest BCUT2D eigenvalue weighted by Gasteiger charge is -2.31. The van der Waals surface area contributed by atoms with E-state index in [0.717, 1.165) is 46.4 Å². The van der Waals surface area contributed by atoms with E-state index in [-0.39, 0.29) is 16.5 Å². The van der Waals surface area contributed by atoms with Crippen LogP contribution < -0.4 is 19.8 Å². The molecule has 6 aromatic rings. The van der Waals surface area contributed by atoms with Gasteiger partial charge in [0.15, 0.2) is 5.13 Å². The number of carbonyl (C=O) groups is 3. The Kier molecular flexibility index (Phi) is 11.0. The highest BCUT2D eigenvalue weighted by Crippen LogP contribution is 2.34. The predicted molar refractivity (Wildman–Crippen MR) is 235 cm³/mol. The Bertz CT molecular complexity index is 2730. The summed E-state index contributed by atoms with van der Waals surface area (Å²) in [4.78, 5) is 52.9. The lowest BCUT2D eigenvalue weighted by Crippen LogP contribution is -2.34. The number of hydrogen-bond acceptors (Lipinski definition) is 11. The molecule has 1 aliphatic carbocycles. The standard InChI is InChI=1S/C45H46N8O6S2/c1-28-36(24-46-53(28)25-29-8-3-2-4-9-29)34-18-19-40(48-41(34)43(55)50-61(58,59)33-16-14-32(15-17-33)51-22-21-31(26-51)44(56)57)52-23-20-30-10-7-11-35(37(30)27-52)42(54)49-45-47-38-12-5-6-13-39(38)60-45/h5-7,10-19,24,29,31H,2-4,8-9,20-23,25-27H2,1H3,(H,50,55)(H,56,57)(H,47,49,54)/t31-/m1/s1. The molecule has 1 atom stereocenters. The number of anilines is 3. The summed E-state index contributed by atoms with van der Waals surface area (Å²) in [6, 6.07) is 23.1. The second-order valence-electron chi connectivity index (χ2n) is 16.1. The Morgan fingerprint density at radius 2 is 1.66 bits per heavy atom. The number of carboxylic acid groups (broad SMARTS) is 1. The zero-order chi connectivity index (χ0) is 42.3. The van der Waals surface area contributed by atoms with Crippen LogP contribution in [0.2, 0.25) is 0 Å². The van der Waals surface area contributed by atoms with Crippen LogP contribution >= 0.6 is 11.3 Å². The van der Waals surface area contributed by atoms with Crippen LogP contribution in [0, 0.1) is 18.8 Å². The molecule has 0 spiro atoms. The van der Waals surface area contributed by atoms with E-state index in [0.29, 0.717) is 78.3 Å². The van der Waals surface area contributed by atoms with Crippen molar-refractivity contribution in [2.24, 2.45) is 11.8 Å². The van der Waals surface area contributed by atoms with Crippen molar-refractivity contribution in [3.63, 3.8) is 0 Å². The van der Waals surface area contributed by atoms with E-state index in [1.54, 1.807) is 30.5 Å². The minimum Gasteiger partial charge on any atom is -0.481 e. The molecule has 3 aromatic heterocycles. The average molecular weight is 859 g/mol. The van der Waals surface area contributed by atoms with Gasteiger partial charge in [-0.3, -0.25) is 24.4 Å². The first-order valence-electron chi connectivity index (χ1n) is 20.7. The lowest BCUT2D eigenvalue weighted by molar-refractivity contribution is -0.140. The van der Waals surface area contributed by atoms with Crippen LogP contribution in [0.1, 0.15) is 76.2 Å². The van der Waals surface area contributed by atoms with Crippen molar-refractivity contribution in [2.75, 3.05) is 34.8 Å². The smallest absolute Gasteiger partial charge is 0.308 e. The molecule has 2 fully saturated rings. The molecule has 0 unspecified atom stereocenters. The first-order chi connectivity index (χ1) is 29.5. The zero-order valence-corrected chi connectivity index (χ0v) is 35.3. The highest BCUT2D eigenvalue weighted by Gasteiger charge is 2.30. The lowest BCUT2D eigenvalue weighted by atomic mass is 9.89. The van der Waals surface area contributed by atoms with E-state index >= 15 is 0 Å². The third kappa shape index (κ3) is 8.33. The molecule has 1 saturated heterocycles. The van der Waals surface area contributed by atoms with Crippen molar-refractivity contribution in [1.29, 1.82) is 0 Å². The SMILES string of the molecule is Cc1c(-c2ccc(N3CCc4cccc(C(=O)Nc5nc6ccccc6s5)c4C3)nc2C(=O)NS(=O)(=O)c2ccc(N3CC[C@@H](C(=O)O)C3)cc2)cnn1CC1CCCCC1. The van der Waals surface area contributed by atoms with Gasteiger partial charge in [-0.2, -0.15) is 5.10 Å². The number of carbonyl (C=O) groups excluding carboxylic acids is 2. The minimum atomic E-state index is -4.36. The van der Waals surface area contributed by atoms with Gasteiger partial charge >= 0.3 is 5.97 Å². The molecule has 0 bridgehead atoms. The van der Waals surface area contributed by atoms with Crippen LogP contribution in [0.5, 0.6) is 0 Å². The highest BCUT2D eigenvalue weighted by atomic mass is 32.2. The van der Waals surface area contributed by atoms with Gasteiger partial charge in [-0.25, -0.2) is 23.1 Å². The van der Waals surface area contributed by atoms with Gasteiger partial charge in [0.05, 0.1) is 27.2 Å². The molecule has 0 radical (unpaired) electrons. The number of carboxylic acids is 1. The molecule has 314 valence electrons. The van der Waals surface area contributed by atoms with E-state index in [9.17, 15) is 27.9 Å². The number of nitrogens with zero attached hydrogens (tertiary/aromatic N) is 6. The molecule has 3 aliphatic rings. The zero-order valence-electron chi connectivity index (χ0n) is 33.7. The number of amides is 2. The van der Waals surface area contributed by atoms with Gasteiger partial charge in [-0.1, -0.05) is 54.9 Å². The van der Waals surface area contributed by atoms with Gasteiger partial charge in [0, 0.05) is 60.8 Å². The fourth-order valence-corrected chi connectivity index (χ4v) is 10.7. The number of aliphatic carboxylic acids is 1. The largest absolute Gasteiger partial charge is 0.481 e. The number of thiazole rings is 1. The maximum atomic E-state index is 14.3. The number of sulfonamides is 1. The number of nitrogens with one attached hydrogen (secondary N) is 2. The Morgan fingerprint density at radius 3 is 2.43 bits per heavy atom. The molecule has 5 heterocycles. The van der Waals surface area contributed by atoms with Crippen molar-refractivity contribution >= 4 is 66.0 Å². The van der Waals surface area contributed by atoms with Crippen LogP contribution in [0.4, 0.5) is 16.6 Å². The average Bonchev–Trinajstić information content (AvgIpc) is 4.02. The monoisotopic (exact) mass is 858 g/mol. The summed E-state index contributed by atoms with van der Waals surface area (Å²) in [5, 5.41) is 17.6. The molecule has 9 rings (SSSR count). The molecule has 2 amide bonds. The number of pyridine rings is 1. The second-order valence-corrected chi connectivity index (χ2v) is 18.9. The van der Waals surface area contributed by atoms with Crippen LogP contribution in [0.3, 0.4) is 0 Å². The van der Waals surface area contributed by atoms with Crippen molar-refractivity contribution in [3.05, 3.63) is 113 Å². The third-order valence-electron chi connectivity index (χ3n) is 12.3. The van der Waals surface area contributed by atoms with Gasteiger partial charge < -0.3 is 14.9 Å². The first kappa shape index (κ1) is 40.3. The molecule has 1 saturated carbocycles. The molecular formula is C45H46N8O6S2. The van der Waals surface area contributed by atoms with Gasteiger partial charge in [0.2, 0.25) is 0 Å². The van der Waals surface area contributed by atoms with E-state index in [2.05, 4.69) is 15.0 Å². The number of fused-ring (bicyclic) bond motifs is 2. The van der Waals surface area contributed by atoms with Crippen LogP contribution in [0.15, 0.2) is 90.0 Å². The normalized spacial score (nSPS) is 17.0. The molecule has 3 aromatic carbocycles. The van der Waals surface area contributed by atoms with Crippen molar-refractivity contribution in [1.82, 2.24) is 24.5 Å². The van der Waals surface area contributed by atoms with Crippen LogP contribution in [-0.2, 0) is 34.3 Å². The summed E-state index contributed by atoms with van der Waals surface area (Å²) in [7, 11) is -4.36. The molecule has 2 aliphatic heterocycles. The Balaban J connectivity index is 1.00. The summed E-state index contributed by atoms with van der Waals surface area (Å²) in [6.45, 7) is 4.49. The summed E-state index contributed by atoms with van der Waals surface area (Å²) in [5.41, 5.74) is 5.82. The summed E-state index contributed by atoms with van der Waals surface area (Å²) >= 11 is 1.41. The van der Waals surface area contributed by atoms with E-state index in [1.165, 1.54) is 42.7 Å². The highest BCUT2D eigenvalue weighted by molar-refractivity contribution is 7.90. The van der Waals surface area contributed by atoms with Crippen molar-refractivity contribution < 1.29 is 27.9 Å². The van der Waals surface area contributed by atoms with Crippen molar-refractivity contribution in [3.8, 4) is 11.1 Å². The first-order valence-corrected chi connectivity index (χ1v) is 23.0. The number of aromatic nitrogens is 4. The quantitative estimate of drug-likeness (QED) is 0.119. The van der Waals surface area contributed by atoms with E-state index < -0.39 is 27.8 Å². The molecule has 16 heteroatoms. The fourth-order valence-electron chi connectivity index (χ4n) is 8.87. The predicted octanol–water partition coefficient (Wildman–Crippen LogP) is 7.29.